The molecule has 1 fully saturated rings. The van der Waals surface area contributed by atoms with Gasteiger partial charge in [0.25, 0.3) is 5.91 Å². The van der Waals surface area contributed by atoms with Crippen molar-refractivity contribution >= 4 is 23.2 Å². The smallest absolute Gasteiger partial charge is 0.255 e. The first-order valence-corrected chi connectivity index (χ1v) is 8.74. The summed E-state index contributed by atoms with van der Waals surface area (Å²) >= 11 is 0. The van der Waals surface area contributed by atoms with Gasteiger partial charge in [0.2, 0.25) is 5.91 Å². The summed E-state index contributed by atoms with van der Waals surface area (Å²) in [5, 5.41) is 5.45. The highest BCUT2D eigenvalue weighted by atomic mass is 19.1. The monoisotopic (exact) mass is 355 g/mol. The van der Waals surface area contributed by atoms with Gasteiger partial charge in [-0.3, -0.25) is 9.59 Å². The van der Waals surface area contributed by atoms with E-state index in [1.807, 2.05) is 0 Å². The molecule has 1 saturated carbocycles. The first-order valence-electron chi connectivity index (χ1n) is 8.74. The normalized spacial score (nSPS) is 15.9. The highest BCUT2D eigenvalue weighted by Gasteiger charge is 2.35. The summed E-state index contributed by atoms with van der Waals surface area (Å²) in [6.45, 7) is 0. The van der Waals surface area contributed by atoms with Gasteiger partial charge < -0.3 is 16.4 Å². The minimum absolute atomic E-state index is 0.222. The van der Waals surface area contributed by atoms with Crippen LogP contribution in [0.25, 0.3) is 0 Å². The predicted molar refractivity (Wildman–Crippen MR) is 99.4 cm³/mol. The standard InChI is InChI=1S/C20H22FN3O2/c21-15-7-5-9-17(13-15)23-18(25)14-6-4-8-16(12-14)24-19(26)20(22)10-2-1-3-11-20/h4-9,12-13H,1-3,10-11,22H2,(H,23,25)(H,24,26). The van der Waals surface area contributed by atoms with Gasteiger partial charge in [-0.2, -0.15) is 0 Å². The highest BCUT2D eigenvalue weighted by molar-refractivity contribution is 6.05. The molecular formula is C20H22FN3O2. The molecule has 0 bridgehead atoms. The molecule has 2 aromatic rings. The largest absolute Gasteiger partial charge is 0.324 e. The van der Waals surface area contributed by atoms with Gasteiger partial charge in [0.15, 0.2) is 0 Å². The maximum atomic E-state index is 13.2. The van der Waals surface area contributed by atoms with Crippen LogP contribution >= 0.6 is 0 Å². The predicted octanol–water partition coefficient (Wildman–Crippen LogP) is 3.68. The fourth-order valence-electron chi connectivity index (χ4n) is 3.17. The van der Waals surface area contributed by atoms with Crippen molar-refractivity contribution in [3.63, 3.8) is 0 Å². The number of hydrogen-bond donors (Lipinski definition) is 3. The number of carbonyl (C=O) groups is 2. The molecule has 0 spiro atoms. The molecule has 2 amide bonds. The number of nitrogens with two attached hydrogens (primary N) is 1. The Hall–Kier alpha value is -2.73. The lowest BCUT2D eigenvalue weighted by molar-refractivity contribution is -0.122. The highest BCUT2D eigenvalue weighted by Crippen LogP contribution is 2.27. The maximum absolute atomic E-state index is 13.2. The lowest BCUT2D eigenvalue weighted by atomic mass is 9.82. The molecule has 4 N–H and O–H groups in total. The molecule has 1 aliphatic carbocycles. The number of benzene rings is 2. The minimum Gasteiger partial charge on any atom is -0.324 e. The van der Waals surface area contributed by atoms with Crippen molar-refractivity contribution in [2.45, 2.75) is 37.6 Å². The van der Waals surface area contributed by atoms with Crippen molar-refractivity contribution < 1.29 is 14.0 Å². The van der Waals surface area contributed by atoms with Gasteiger partial charge in [-0.05, 0) is 49.2 Å². The molecule has 136 valence electrons. The number of halogens is 1. The summed E-state index contributed by atoms with van der Waals surface area (Å²) in [5.41, 5.74) is 6.63. The van der Waals surface area contributed by atoms with E-state index < -0.39 is 11.4 Å². The van der Waals surface area contributed by atoms with E-state index in [0.29, 0.717) is 29.8 Å². The van der Waals surface area contributed by atoms with Gasteiger partial charge in [0.05, 0.1) is 5.54 Å². The Labute approximate surface area is 151 Å². The Bertz CT molecular complexity index is 816. The SMILES string of the molecule is NC1(C(=O)Nc2cccc(C(=O)Nc3cccc(F)c3)c2)CCCCC1. The Morgan fingerprint density at radius 3 is 2.27 bits per heavy atom. The van der Waals surface area contributed by atoms with E-state index >= 15 is 0 Å². The minimum atomic E-state index is -0.849. The number of carbonyl (C=O) groups excluding carboxylic acids is 2. The molecule has 0 unspecified atom stereocenters. The quantitative estimate of drug-likeness (QED) is 0.782. The van der Waals surface area contributed by atoms with Crippen LogP contribution in [0.15, 0.2) is 48.5 Å². The van der Waals surface area contributed by atoms with Crippen LogP contribution in [0, 0.1) is 5.82 Å². The third kappa shape index (κ3) is 4.26. The molecule has 0 aliphatic heterocycles. The third-order valence-electron chi connectivity index (χ3n) is 4.66. The van der Waals surface area contributed by atoms with Crippen LogP contribution in [0.5, 0.6) is 0 Å². The van der Waals surface area contributed by atoms with E-state index in [4.69, 9.17) is 5.73 Å². The lowest BCUT2D eigenvalue weighted by Gasteiger charge is -2.31. The first kappa shape index (κ1) is 18.1. The average molecular weight is 355 g/mol. The molecular weight excluding hydrogens is 333 g/mol. The second-order valence-corrected chi connectivity index (χ2v) is 6.72. The van der Waals surface area contributed by atoms with Crippen LogP contribution < -0.4 is 16.4 Å². The molecule has 0 heterocycles. The second-order valence-electron chi connectivity index (χ2n) is 6.72. The van der Waals surface area contributed by atoms with E-state index in [1.165, 1.54) is 18.2 Å². The van der Waals surface area contributed by atoms with Crippen molar-refractivity contribution in [1.29, 1.82) is 0 Å². The lowest BCUT2D eigenvalue weighted by Crippen LogP contribution is -2.52. The number of nitrogens with one attached hydrogen (secondary N) is 2. The Kier molecular flexibility index (Phi) is 5.32. The summed E-state index contributed by atoms with van der Waals surface area (Å²) in [6.07, 6.45) is 4.32. The van der Waals surface area contributed by atoms with Crippen LogP contribution in [0.2, 0.25) is 0 Å². The molecule has 0 radical (unpaired) electrons. The number of rotatable bonds is 4. The number of amides is 2. The van der Waals surface area contributed by atoms with Crippen molar-refractivity contribution in [3.05, 3.63) is 59.9 Å². The molecule has 6 heteroatoms. The summed E-state index contributed by atoms with van der Waals surface area (Å²) in [4.78, 5) is 24.9. The molecule has 5 nitrogen and oxygen atoms in total. The summed E-state index contributed by atoms with van der Waals surface area (Å²) in [5.74, 6) is -1.03. The van der Waals surface area contributed by atoms with Gasteiger partial charge in [-0.1, -0.05) is 31.4 Å². The zero-order valence-electron chi connectivity index (χ0n) is 14.4. The van der Waals surface area contributed by atoms with Crippen molar-refractivity contribution in [3.8, 4) is 0 Å². The molecule has 26 heavy (non-hydrogen) atoms. The Morgan fingerprint density at radius 1 is 0.923 bits per heavy atom. The van der Waals surface area contributed by atoms with Gasteiger partial charge in [0, 0.05) is 16.9 Å². The first-order chi connectivity index (χ1) is 12.5. The van der Waals surface area contributed by atoms with E-state index in [1.54, 1.807) is 30.3 Å². The van der Waals surface area contributed by atoms with Crippen LogP contribution in [0.1, 0.15) is 42.5 Å². The van der Waals surface area contributed by atoms with Crippen LogP contribution in [-0.2, 0) is 4.79 Å². The molecule has 3 rings (SSSR count). The van der Waals surface area contributed by atoms with Crippen molar-refractivity contribution in [2.75, 3.05) is 10.6 Å². The zero-order valence-corrected chi connectivity index (χ0v) is 14.4. The van der Waals surface area contributed by atoms with E-state index in [2.05, 4.69) is 10.6 Å². The number of anilines is 2. The van der Waals surface area contributed by atoms with Crippen LogP contribution in [-0.4, -0.2) is 17.4 Å². The molecule has 0 aromatic heterocycles. The Morgan fingerprint density at radius 2 is 1.58 bits per heavy atom. The molecule has 2 aromatic carbocycles. The average Bonchev–Trinajstić information content (AvgIpc) is 2.62. The molecule has 0 saturated heterocycles. The molecule has 0 atom stereocenters. The van der Waals surface area contributed by atoms with Gasteiger partial charge in [-0.25, -0.2) is 4.39 Å². The fourth-order valence-corrected chi connectivity index (χ4v) is 3.17. The fraction of sp³-hybridized carbons (Fsp3) is 0.300. The van der Waals surface area contributed by atoms with E-state index in [-0.39, 0.29) is 11.8 Å². The third-order valence-corrected chi connectivity index (χ3v) is 4.66. The zero-order chi connectivity index (χ0) is 18.6. The summed E-state index contributed by atoms with van der Waals surface area (Å²) in [6, 6.07) is 12.3. The van der Waals surface area contributed by atoms with Crippen LogP contribution in [0.3, 0.4) is 0 Å². The maximum Gasteiger partial charge on any atom is 0.255 e. The van der Waals surface area contributed by atoms with E-state index in [0.717, 1.165) is 19.3 Å². The Balaban J connectivity index is 1.69. The molecule has 1 aliphatic rings. The summed E-state index contributed by atoms with van der Waals surface area (Å²) in [7, 11) is 0. The summed E-state index contributed by atoms with van der Waals surface area (Å²) < 4.78 is 13.2. The number of hydrogen-bond acceptors (Lipinski definition) is 3. The van der Waals surface area contributed by atoms with Gasteiger partial charge >= 0.3 is 0 Å². The van der Waals surface area contributed by atoms with Crippen molar-refractivity contribution in [1.82, 2.24) is 0 Å². The van der Waals surface area contributed by atoms with E-state index in [9.17, 15) is 14.0 Å². The van der Waals surface area contributed by atoms with Gasteiger partial charge in [0.1, 0.15) is 5.82 Å². The second kappa shape index (κ2) is 7.66. The van der Waals surface area contributed by atoms with Gasteiger partial charge in [-0.15, -0.1) is 0 Å². The van der Waals surface area contributed by atoms with Crippen LogP contribution in [0.4, 0.5) is 15.8 Å². The van der Waals surface area contributed by atoms with Crippen molar-refractivity contribution in [2.24, 2.45) is 5.73 Å². The topological polar surface area (TPSA) is 84.2 Å².